The van der Waals surface area contributed by atoms with Crippen LogP contribution in [-0.4, -0.2) is 16.7 Å². The number of aromatic nitrogens is 2. The molecule has 18 heavy (non-hydrogen) atoms. The van der Waals surface area contributed by atoms with Gasteiger partial charge in [-0.15, -0.1) is 0 Å². The lowest BCUT2D eigenvalue weighted by molar-refractivity contribution is 0.245. The van der Waals surface area contributed by atoms with Crippen molar-refractivity contribution in [2.24, 2.45) is 5.92 Å². The van der Waals surface area contributed by atoms with E-state index in [9.17, 15) is 0 Å². The molecular weight excluding hydrogens is 226 g/mol. The third-order valence-corrected chi connectivity index (χ3v) is 4.57. The van der Waals surface area contributed by atoms with Gasteiger partial charge in [-0.1, -0.05) is 31.3 Å². The summed E-state index contributed by atoms with van der Waals surface area (Å²) in [5.41, 5.74) is 0. The Kier molecular flexibility index (Phi) is 3.64. The first-order valence-electron chi connectivity index (χ1n) is 7.43. The molecule has 3 rings (SSSR count). The van der Waals surface area contributed by atoms with Crippen molar-refractivity contribution in [1.82, 2.24) is 15.5 Å². The topological polar surface area (TPSA) is 51.0 Å². The zero-order valence-corrected chi connectivity index (χ0v) is 11.2. The fourth-order valence-electron chi connectivity index (χ4n) is 3.29. The van der Waals surface area contributed by atoms with E-state index >= 15 is 0 Å². The van der Waals surface area contributed by atoms with Gasteiger partial charge < -0.3 is 9.84 Å². The van der Waals surface area contributed by atoms with Crippen molar-refractivity contribution in [1.29, 1.82) is 0 Å². The van der Waals surface area contributed by atoms with Gasteiger partial charge in [-0.3, -0.25) is 0 Å². The maximum absolute atomic E-state index is 5.49. The summed E-state index contributed by atoms with van der Waals surface area (Å²) in [6.45, 7) is 3.34. The Balaban J connectivity index is 1.68. The molecule has 1 aliphatic carbocycles. The van der Waals surface area contributed by atoms with Gasteiger partial charge in [0.05, 0.1) is 6.04 Å². The second-order valence-electron chi connectivity index (χ2n) is 5.78. The molecule has 1 N–H and O–H groups in total. The Hall–Kier alpha value is -0.900. The van der Waals surface area contributed by atoms with Crippen LogP contribution in [0.5, 0.6) is 0 Å². The molecule has 2 fully saturated rings. The van der Waals surface area contributed by atoms with E-state index < -0.39 is 0 Å². The normalized spacial score (nSPS) is 29.8. The lowest BCUT2D eigenvalue weighted by Crippen LogP contribution is -2.31. The summed E-state index contributed by atoms with van der Waals surface area (Å²) >= 11 is 0. The minimum absolute atomic E-state index is 0.284. The van der Waals surface area contributed by atoms with Gasteiger partial charge in [0.2, 0.25) is 5.89 Å². The molecule has 1 aromatic rings. The van der Waals surface area contributed by atoms with Crippen molar-refractivity contribution in [2.45, 2.75) is 63.8 Å². The highest BCUT2D eigenvalue weighted by Crippen LogP contribution is 2.34. The molecule has 0 spiro atoms. The van der Waals surface area contributed by atoms with Crippen LogP contribution in [0, 0.1) is 5.92 Å². The average molecular weight is 249 g/mol. The predicted octanol–water partition coefficient (Wildman–Crippen LogP) is 3.18. The summed E-state index contributed by atoms with van der Waals surface area (Å²) in [4.78, 5) is 4.64. The molecule has 0 aromatic carbocycles. The molecule has 4 nitrogen and oxygen atoms in total. The number of hydrogen-bond donors (Lipinski definition) is 1. The highest BCUT2D eigenvalue weighted by molar-refractivity contribution is 5.01. The smallest absolute Gasteiger partial charge is 0.243 e. The van der Waals surface area contributed by atoms with Gasteiger partial charge in [0.1, 0.15) is 0 Å². The molecule has 0 bridgehead atoms. The Morgan fingerprint density at radius 1 is 1.28 bits per heavy atom. The summed E-state index contributed by atoms with van der Waals surface area (Å²) < 4.78 is 5.49. The first-order chi connectivity index (χ1) is 8.86. The SMILES string of the molecule is CCC1CCNC(c2nc(C3CCCC3)no2)C1. The molecule has 2 unspecified atom stereocenters. The van der Waals surface area contributed by atoms with Crippen LogP contribution in [0.1, 0.15) is 75.5 Å². The summed E-state index contributed by atoms with van der Waals surface area (Å²) in [6.07, 6.45) is 8.76. The van der Waals surface area contributed by atoms with E-state index in [0.29, 0.717) is 5.92 Å². The summed E-state index contributed by atoms with van der Waals surface area (Å²) in [5.74, 6) is 3.11. The van der Waals surface area contributed by atoms with Gasteiger partial charge in [0.25, 0.3) is 0 Å². The third kappa shape index (κ3) is 2.44. The van der Waals surface area contributed by atoms with E-state index in [1.54, 1.807) is 0 Å². The van der Waals surface area contributed by atoms with Crippen molar-refractivity contribution >= 4 is 0 Å². The Morgan fingerprint density at radius 3 is 2.89 bits per heavy atom. The first-order valence-corrected chi connectivity index (χ1v) is 7.43. The van der Waals surface area contributed by atoms with Crippen molar-refractivity contribution in [3.05, 3.63) is 11.7 Å². The second kappa shape index (κ2) is 5.39. The summed E-state index contributed by atoms with van der Waals surface area (Å²) in [6, 6.07) is 0.284. The molecule has 0 amide bonds. The highest BCUT2D eigenvalue weighted by atomic mass is 16.5. The van der Waals surface area contributed by atoms with Crippen LogP contribution in [0.4, 0.5) is 0 Å². The van der Waals surface area contributed by atoms with Crippen molar-refractivity contribution in [3.8, 4) is 0 Å². The van der Waals surface area contributed by atoms with Crippen molar-refractivity contribution < 1.29 is 4.52 Å². The van der Waals surface area contributed by atoms with Gasteiger partial charge >= 0.3 is 0 Å². The van der Waals surface area contributed by atoms with E-state index in [4.69, 9.17) is 4.52 Å². The molecule has 2 heterocycles. The quantitative estimate of drug-likeness (QED) is 0.894. The molecule has 1 aliphatic heterocycles. The molecule has 1 aromatic heterocycles. The van der Waals surface area contributed by atoms with Crippen LogP contribution >= 0.6 is 0 Å². The average Bonchev–Trinajstić information content (AvgIpc) is 3.09. The molecule has 2 aliphatic rings. The summed E-state index contributed by atoms with van der Waals surface area (Å²) in [7, 11) is 0. The van der Waals surface area contributed by atoms with Gasteiger partial charge in [0, 0.05) is 5.92 Å². The Morgan fingerprint density at radius 2 is 2.11 bits per heavy atom. The van der Waals surface area contributed by atoms with Gasteiger partial charge in [-0.05, 0) is 38.1 Å². The van der Waals surface area contributed by atoms with E-state index in [-0.39, 0.29) is 6.04 Å². The monoisotopic (exact) mass is 249 g/mol. The molecule has 100 valence electrons. The number of nitrogens with one attached hydrogen (secondary N) is 1. The second-order valence-corrected chi connectivity index (χ2v) is 5.78. The van der Waals surface area contributed by atoms with Crippen LogP contribution in [0.25, 0.3) is 0 Å². The van der Waals surface area contributed by atoms with Gasteiger partial charge in [-0.25, -0.2) is 0 Å². The van der Waals surface area contributed by atoms with Crippen LogP contribution in [-0.2, 0) is 0 Å². The lowest BCUT2D eigenvalue weighted by atomic mass is 9.90. The molecule has 1 saturated heterocycles. The van der Waals surface area contributed by atoms with Crippen LogP contribution in [0.2, 0.25) is 0 Å². The Labute approximate surface area is 109 Å². The first kappa shape index (κ1) is 12.2. The van der Waals surface area contributed by atoms with E-state index in [2.05, 4.69) is 22.4 Å². The Bertz CT molecular complexity index is 384. The van der Waals surface area contributed by atoms with E-state index in [1.165, 1.54) is 38.5 Å². The minimum atomic E-state index is 0.284. The molecule has 4 heteroatoms. The van der Waals surface area contributed by atoms with Crippen LogP contribution < -0.4 is 5.32 Å². The minimum Gasteiger partial charge on any atom is -0.338 e. The number of nitrogens with zero attached hydrogens (tertiary/aromatic N) is 2. The van der Waals surface area contributed by atoms with E-state index in [1.807, 2.05) is 0 Å². The molecule has 0 radical (unpaired) electrons. The number of rotatable bonds is 3. The fourth-order valence-corrected chi connectivity index (χ4v) is 3.29. The summed E-state index contributed by atoms with van der Waals surface area (Å²) in [5, 5.41) is 7.71. The maximum Gasteiger partial charge on any atom is 0.243 e. The van der Waals surface area contributed by atoms with Gasteiger partial charge in [0.15, 0.2) is 5.82 Å². The number of piperidine rings is 1. The fraction of sp³-hybridized carbons (Fsp3) is 0.857. The van der Waals surface area contributed by atoms with E-state index in [0.717, 1.165) is 30.6 Å². The van der Waals surface area contributed by atoms with Crippen LogP contribution in [0.15, 0.2) is 4.52 Å². The van der Waals surface area contributed by atoms with Gasteiger partial charge in [-0.2, -0.15) is 4.98 Å². The van der Waals surface area contributed by atoms with Crippen molar-refractivity contribution in [2.75, 3.05) is 6.54 Å². The zero-order valence-electron chi connectivity index (χ0n) is 11.2. The standard InChI is InChI=1S/C14H23N3O/c1-2-10-7-8-15-12(9-10)14-16-13(17-18-14)11-5-3-4-6-11/h10-12,15H,2-9H2,1H3. The van der Waals surface area contributed by atoms with Crippen LogP contribution in [0.3, 0.4) is 0 Å². The predicted molar refractivity (Wildman–Crippen MR) is 69.3 cm³/mol. The maximum atomic E-state index is 5.49. The highest BCUT2D eigenvalue weighted by Gasteiger charge is 2.28. The largest absolute Gasteiger partial charge is 0.338 e. The molecule has 2 atom stereocenters. The third-order valence-electron chi connectivity index (χ3n) is 4.57. The number of hydrogen-bond acceptors (Lipinski definition) is 4. The zero-order chi connectivity index (χ0) is 12.4. The molecule has 1 saturated carbocycles. The lowest BCUT2D eigenvalue weighted by Gasteiger charge is -2.27. The van der Waals surface area contributed by atoms with Crippen molar-refractivity contribution in [3.63, 3.8) is 0 Å². The molecular formula is C14H23N3O.